The lowest BCUT2D eigenvalue weighted by molar-refractivity contribution is 0.0975. The van der Waals surface area contributed by atoms with Gasteiger partial charge in [-0.25, -0.2) is 4.98 Å². The first-order chi connectivity index (χ1) is 11.7. The van der Waals surface area contributed by atoms with E-state index in [2.05, 4.69) is 16.5 Å². The Bertz CT molecular complexity index is 718. The van der Waals surface area contributed by atoms with Gasteiger partial charge in [-0.2, -0.15) is 0 Å². The van der Waals surface area contributed by atoms with Gasteiger partial charge in [-0.05, 0) is 55.4 Å². The van der Waals surface area contributed by atoms with E-state index >= 15 is 0 Å². The maximum atomic E-state index is 12.8. The summed E-state index contributed by atoms with van der Waals surface area (Å²) in [7, 11) is 1.71. The Morgan fingerprint density at radius 2 is 2.04 bits per heavy atom. The normalized spacial score (nSPS) is 13.6. The molecule has 0 unspecified atom stereocenters. The summed E-state index contributed by atoms with van der Waals surface area (Å²) in [5, 5.41) is 0. The molecule has 4 nitrogen and oxygen atoms in total. The number of rotatable bonds is 7. The van der Waals surface area contributed by atoms with E-state index in [1.54, 1.807) is 7.11 Å². The number of imidazole rings is 1. The number of carbonyl (C=O) groups excluding carboxylic acids is 1. The van der Waals surface area contributed by atoms with Gasteiger partial charge in [-0.1, -0.05) is 6.92 Å². The number of fused-ring (bicyclic) bond motifs is 1. The molecule has 0 saturated carbocycles. The first-order valence-electron chi connectivity index (χ1n) is 8.96. The molecule has 24 heavy (non-hydrogen) atoms. The first-order valence-corrected chi connectivity index (χ1v) is 8.96. The SMILES string of the molecule is CCCc1nccn1CCC(=O)c1ccc(OC)c2c1CCCC2. The molecule has 1 heterocycles. The third-order valence-electron chi connectivity index (χ3n) is 4.87. The van der Waals surface area contributed by atoms with Gasteiger partial charge < -0.3 is 9.30 Å². The summed E-state index contributed by atoms with van der Waals surface area (Å²) in [5.74, 6) is 2.23. The number of Topliss-reactive ketones (excluding diaryl/α,β-unsaturated/α-hetero) is 1. The minimum Gasteiger partial charge on any atom is -0.496 e. The minimum atomic E-state index is 0.229. The summed E-state index contributed by atoms with van der Waals surface area (Å²) < 4.78 is 7.59. The van der Waals surface area contributed by atoms with Crippen molar-refractivity contribution < 1.29 is 9.53 Å². The molecule has 1 aliphatic rings. The Morgan fingerprint density at radius 1 is 1.25 bits per heavy atom. The van der Waals surface area contributed by atoms with E-state index in [-0.39, 0.29) is 5.78 Å². The number of ether oxygens (including phenoxy) is 1. The molecule has 1 aliphatic carbocycles. The van der Waals surface area contributed by atoms with Crippen LogP contribution in [0.5, 0.6) is 5.75 Å². The van der Waals surface area contributed by atoms with Crippen LogP contribution in [0.25, 0.3) is 0 Å². The van der Waals surface area contributed by atoms with Gasteiger partial charge in [-0.3, -0.25) is 4.79 Å². The largest absolute Gasteiger partial charge is 0.496 e. The molecule has 4 heteroatoms. The minimum absolute atomic E-state index is 0.229. The van der Waals surface area contributed by atoms with Crippen LogP contribution in [0.15, 0.2) is 24.5 Å². The zero-order valence-electron chi connectivity index (χ0n) is 14.7. The van der Waals surface area contributed by atoms with E-state index in [0.717, 1.165) is 49.2 Å². The second-order valence-corrected chi connectivity index (χ2v) is 6.44. The summed E-state index contributed by atoms with van der Waals surface area (Å²) >= 11 is 0. The predicted molar refractivity (Wildman–Crippen MR) is 94.8 cm³/mol. The standard InChI is InChI=1S/C20H26N2O2/c1-3-6-20-21-12-14-22(20)13-11-18(23)16-9-10-19(24-2)17-8-5-4-7-15(16)17/h9-10,12,14H,3-8,11,13H2,1-2H3. The highest BCUT2D eigenvalue weighted by Gasteiger charge is 2.21. The van der Waals surface area contributed by atoms with Crippen molar-refractivity contribution in [2.75, 3.05) is 7.11 Å². The molecule has 128 valence electrons. The highest BCUT2D eigenvalue weighted by molar-refractivity contribution is 5.98. The van der Waals surface area contributed by atoms with E-state index in [0.29, 0.717) is 13.0 Å². The number of methoxy groups -OCH3 is 1. The summed E-state index contributed by atoms with van der Waals surface area (Å²) in [6.07, 6.45) is 10.7. The van der Waals surface area contributed by atoms with E-state index in [1.807, 2.05) is 24.5 Å². The summed E-state index contributed by atoms with van der Waals surface area (Å²) in [6, 6.07) is 3.91. The fourth-order valence-corrected chi connectivity index (χ4v) is 3.64. The third-order valence-corrected chi connectivity index (χ3v) is 4.87. The van der Waals surface area contributed by atoms with E-state index in [4.69, 9.17) is 4.74 Å². The Labute approximate surface area is 143 Å². The quantitative estimate of drug-likeness (QED) is 0.723. The highest BCUT2D eigenvalue weighted by Crippen LogP contribution is 2.32. The van der Waals surface area contributed by atoms with Gasteiger partial charge in [0, 0.05) is 37.3 Å². The van der Waals surface area contributed by atoms with Gasteiger partial charge >= 0.3 is 0 Å². The number of aryl methyl sites for hydroxylation is 2. The van der Waals surface area contributed by atoms with Crippen molar-refractivity contribution in [3.05, 3.63) is 47.0 Å². The monoisotopic (exact) mass is 326 g/mol. The summed E-state index contributed by atoms with van der Waals surface area (Å²) in [6.45, 7) is 2.85. The number of benzene rings is 1. The van der Waals surface area contributed by atoms with Crippen LogP contribution >= 0.6 is 0 Å². The third kappa shape index (κ3) is 3.37. The van der Waals surface area contributed by atoms with Gasteiger partial charge in [0.05, 0.1) is 7.11 Å². The van der Waals surface area contributed by atoms with E-state index < -0.39 is 0 Å². The maximum absolute atomic E-state index is 12.8. The molecule has 0 fully saturated rings. The first kappa shape index (κ1) is 16.7. The molecule has 0 radical (unpaired) electrons. The van der Waals surface area contributed by atoms with Gasteiger partial charge in [0.1, 0.15) is 11.6 Å². The van der Waals surface area contributed by atoms with Crippen molar-refractivity contribution in [3.63, 3.8) is 0 Å². The van der Waals surface area contributed by atoms with E-state index in [1.165, 1.54) is 17.5 Å². The lowest BCUT2D eigenvalue weighted by atomic mass is 9.86. The Hall–Kier alpha value is -2.10. The van der Waals surface area contributed by atoms with Crippen LogP contribution in [0.2, 0.25) is 0 Å². The fourth-order valence-electron chi connectivity index (χ4n) is 3.64. The Morgan fingerprint density at radius 3 is 2.79 bits per heavy atom. The average molecular weight is 326 g/mol. The van der Waals surface area contributed by atoms with E-state index in [9.17, 15) is 4.79 Å². The van der Waals surface area contributed by atoms with Crippen LogP contribution in [-0.2, 0) is 25.8 Å². The molecule has 0 amide bonds. The van der Waals surface area contributed by atoms with Crippen LogP contribution in [-0.4, -0.2) is 22.4 Å². The number of carbonyl (C=O) groups is 1. The lowest BCUT2D eigenvalue weighted by Crippen LogP contribution is -2.14. The molecule has 2 aromatic rings. The van der Waals surface area contributed by atoms with Gasteiger partial charge in [0.15, 0.2) is 5.78 Å². The van der Waals surface area contributed by atoms with Crippen molar-refractivity contribution in [3.8, 4) is 5.75 Å². The molecule has 0 spiro atoms. The number of hydrogen-bond acceptors (Lipinski definition) is 3. The number of hydrogen-bond donors (Lipinski definition) is 0. The topological polar surface area (TPSA) is 44.1 Å². The lowest BCUT2D eigenvalue weighted by Gasteiger charge is -2.21. The number of aromatic nitrogens is 2. The maximum Gasteiger partial charge on any atom is 0.164 e. The van der Waals surface area contributed by atoms with Crippen LogP contribution < -0.4 is 4.74 Å². The van der Waals surface area contributed by atoms with Crippen molar-refractivity contribution >= 4 is 5.78 Å². The second kappa shape index (κ2) is 7.65. The fraction of sp³-hybridized carbons (Fsp3) is 0.500. The molecular weight excluding hydrogens is 300 g/mol. The molecule has 0 aliphatic heterocycles. The van der Waals surface area contributed by atoms with Crippen LogP contribution in [0.3, 0.4) is 0 Å². The number of ketones is 1. The van der Waals surface area contributed by atoms with Crippen molar-refractivity contribution in [2.45, 2.75) is 58.4 Å². The number of nitrogens with zero attached hydrogens (tertiary/aromatic N) is 2. The zero-order valence-corrected chi connectivity index (χ0v) is 14.7. The molecule has 0 bridgehead atoms. The second-order valence-electron chi connectivity index (χ2n) is 6.44. The molecular formula is C20H26N2O2. The Kier molecular flexibility index (Phi) is 5.34. The Balaban J connectivity index is 1.77. The van der Waals surface area contributed by atoms with Crippen LogP contribution in [0.1, 0.15) is 59.9 Å². The molecule has 1 aromatic carbocycles. The molecule has 0 saturated heterocycles. The van der Waals surface area contributed by atoms with Gasteiger partial charge in [0.2, 0.25) is 0 Å². The van der Waals surface area contributed by atoms with Gasteiger partial charge in [0.25, 0.3) is 0 Å². The smallest absolute Gasteiger partial charge is 0.164 e. The molecule has 3 rings (SSSR count). The van der Waals surface area contributed by atoms with Gasteiger partial charge in [-0.15, -0.1) is 0 Å². The molecule has 1 aromatic heterocycles. The van der Waals surface area contributed by atoms with Crippen molar-refractivity contribution in [1.29, 1.82) is 0 Å². The average Bonchev–Trinajstić information content (AvgIpc) is 3.06. The van der Waals surface area contributed by atoms with Crippen LogP contribution in [0.4, 0.5) is 0 Å². The highest BCUT2D eigenvalue weighted by atomic mass is 16.5. The molecule has 0 atom stereocenters. The van der Waals surface area contributed by atoms with Crippen LogP contribution in [0, 0.1) is 0 Å². The molecule has 0 N–H and O–H groups in total. The summed E-state index contributed by atoms with van der Waals surface area (Å²) in [4.78, 5) is 17.2. The predicted octanol–water partition coefficient (Wildman–Crippen LogP) is 4.00. The van der Waals surface area contributed by atoms with Crippen molar-refractivity contribution in [1.82, 2.24) is 9.55 Å². The zero-order chi connectivity index (χ0) is 16.9. The van der Waals surface area contributed by atoms with Crippen molar-refractivity contribution in [2.24, 2.45) is 0 Å². The summed E-state index contributed by atoms with van der Waals surface area (Å²) in [5.41, 5.74) is 3.34.